The van der Waals surface area contributed by atoms with Gasteiger partial charge in [-0.1, -0.05) is 19.9 Å². The second kappa shape index (κ2) is 7.01. The Bertz CT molecular complexity index is 851. The highest BCUT2D eigenvalue weighted by Crippen LogP contribution is 2.35. The van der Waals surface area contributed by atoms with E-state index in [2.05, 4.69) is 26.0 Å². The third-order valence-electron chi connectivity index (χ3n) is 4.28. The van der Waals surface area contributed by atoms with Gasteiger partial charge in [-0.2, -0.15) is 0 Å². The summed E-state index contributed by atoms with van der Waals surface area (Å²) in [6, 6.07) is 9.89. The summed E-state index contributed by atoms with van der Waals surface area (Å²) >= 11 is 1.51. The van der Waals surface area contributed by atoms with Crippen molar-refractivity contribution in [3.8, 4) is 22.1 Å². The molecule has 0 aliphatic rings. The predicted molar refractivity (Wildman–Crippen MR) is 97.5 cm³/mol. The van der Waals surface area contributed by atoms with Gasteiger partial charge in [-0.3, -0.25) is 9.36 Å². The number of rotatable bonds is 6. The topological polar surface area (TPSA) is 44.1 Å². The third-order valence-corrected chi connectivity index (χ3v) is 5.12. The van der Waals surface area contributed by atoms with Gasteiger partial charge >= 0.3 is 0 Å². The third kappa shape index (κ3) is 2.99. The molecule has 0 saturated carbocycles. The monoisotopic (exact) mass is 340 g/mol. The zero-order chi connectivity index (χ0) is 17.1. The van der Waals surface area contributed by atoms with Gasteiger partial charge < -0.3 is 4.74 Å². The number of hydrogen-bond acceptors (Lipinski definition) is 4. The molecule has 0 N–H and O–H groups in total. The molecule has 2 aromatic heterocycles. The van der Waals surface area contributed by atoms with Gasteiger partial charge in [0, 0.05) is 17.1 Å². The molecule has 0 fully saturated rings. The van der Waals surface area contributed by atoms with E-state index < -0.39 is 0 Å². The minimum absolute atomic E-state index is 0.485. The highest BCUT2D eigenvalue weighted by atomic mass is 32.1. The fraction of sp³-hybridized carbons (Fsp3) is 0.263. The maximum absolute atomic E-state index is 11.1. The van der Waals surface area contributed by atoms with Crippen molar-refractivity contribution < 1.29 is 9.53 Å². The van der Waals surface area contributed by atoms with E-state index in [9.17, 15) is 4.79 Å². The normalized spacial score (nSPS) is 12.1. The van der Waals surface area contributed by atoms with Crippen molar-refractivity contribution in [2.45, 2.75) is 26.2 Å². The van der Waals surface area contributed by atoms with Crippen LogP contribution in [0.25, 0.3) is 16.4 Å². The summed E-state index contributed by atoms with van der Waals surface area (Å²) in [5.41, 5.74) is 3.72. The number of benzene rings is 1. The van der Waals surface area contributed by atoms with Crippen LogP contribution in [0.3, 0.4) is 0 Å². The summed E-state index contributed by atoms with van der Waals surface area (Å²) in [5.74, 6) is 1.29. The molecule has 5 heteroatoms. The second-order valence-corrected chi connectivity index (χ2v) is 6.54. The Morgan fingerprint density at radius 3 is 2.92 bits per heavy atom. The van der Waals surface area contributed by atoms with E-state index in [-0.39, 0.29) is 0 Å². The van der Waals surface area contributed by atoms with Crippen LogP contribution < -0.4 is 4.74 Å². The van der Waals surface area contributed by atoms with E-state index in [0.717, 1.165) is 34.8 Å². The molecule has 0 radical (unpaired) electrons. The van der Waals surface area contributed by atoms with Crippen LogP contribution in [0.15, 0.2) is 41.9 Å². The maximum atomic E-state index is 11.1. The summed E-state index contributed by atoms with van der Waals surface area (Å²) in [4.78, 5) is 15.8. The largest absolute Gasteiger partial charge is 0.496 e. The number of aldehydes is 1. The predicted octanol–water partition coefficient (Wildman–Crippen LogP) is 4.94. The first-order chi connectivity index (χ1) is 11.7. The Balaban J connectivity index is 2.04. The van der Waals surface area contributed by atoms with Crippen molar-refractivity contribution in [3.63, 3.8) is 0 Å². The lowest BCUT2D eigenvalue weighted by Crippen LogP contribution is -1.97. The van der Waals surface area contributed by atoms with Crippen molar-refractivity contribution in [1.29, 1.82) is 0 Å². The molecule has 0 bridgehead atoms. The van der Waals surface area contributed by atoms with Crippen LogP contribution in [0.2, 0.25) is 0 Å². The quantitative estimate of drug-likeness (QED) is 0.597. The van der Waals surface area contributed by atoms with Crippen LogP contribution in [0.5, 0.6) is 5.75 Å². The Morgan fingerprint density at radius 1 is 1.38 bits per heavy atom. The van der Waals surface area contributed by atoms with Crippen LogP contribution in [0.4, 0.5) is 0 Å². The van der Waals surface area contributed by atoms with Gasteiger partial charge in [0.05, 0.1) is 18.5 Å². The van der Waals surface area contributed by atoms with Crippen LogP contribution >= 0.6 is 11.3 Å². The summed E-state index contributed by atoms with van der Waals surface area (Å²) < 4.78 is 7.31. The van der Waals surface area contributed by atoms with Gasteiger partial charge in [0.15, 0.2) is 11.4 Å². The molecule has 3 rings (SSSR count). The molecule has 1 unspecified atom stereocenters. The molecule has 0 spiro atoms. The van der Waals surface area contributed by atoms with E-state index in [0.29, 0.717) is 11.6 Å². The van der Waals surface area contributed by atoms with Gasteiger partial charge in [0.25, 0.3) is 0 Å². The van der Waals surface area contributed by atoms with Gasteiger partial charge in [-0.25, -0.2) is 4.98 Å². The Morgan fingerprint density at radius 2 is 2.21 bits per heavy atom. The zero-order valence-electron chi connectivity index (χ0n) is 14.0. The molecule has 124 valence electrons. The van der Waals surface area contributed by atoms with Crippen molar-refractivity contribution >= 4 is 17.6 Å². The molecule has 24 heavy (non-hydrogen) atoms. The van der Waals surface area contributed by atoms with Crippen molar-refractivity contribution in [2.75, 3.05) is 7.11 Å². The SMILES string of the molecule is CCC(C)c1ccc(OC)c(-c2csc(-n3cccc3C=O)n2)c1. The van der Waals surface area contributed by atoms with E-state index in [1.165, 1.54) is 16.9 Å². The Kier molecular flexibility index (Phi) is 4.81. The maximum Gasteiger partial charge on any atom is 0.194 e. The minimum Gasteiger partial charge on any atom is -0.496 e. The standard InChI is InChI=1S/C19H20N2O2S/c1-4-13(2)14-7-8-18(23-3)16(10-14)17-12-24-19(20-17)21-9-5-6-15(21)11-22/h5-13H,4H2,1-3H3. The van der Waals surface area contributed by atoms with Gasteiger partial charge in [-0.15, -0.1) is 11.3 Å². The van der Waals surface area contributed by atoms with Gasteiger partial charge in [0.2, 0.25) is 0 Å². The first kappa shape index (κ1) is 16.5. The molecule has 0 amide bonds. The number of carbonyl (C=O) groups is 1. The van der Waals surface area contributed by atoms with Crippen LogP contribution in [-0.4, -0.2) is 22.9 Å². The number of hydrogen-bond donors (Lipinski definition) is 0. The molecule has 1 atom stereocenters. The number of nitrogens with zero attached hydrogens (tertiary/aromatic N) is 2. The first-order valence-corrected chi connectivity index (χ1v) is 8.82. The van der Waals surface area contributed by atoms with Gasteiger partial charge in [-0.05, 0) is 42.2 Å². The smallest absolute Gasteiger partial charge is 0.194 e. The number of ether oxygens (including phenoxy) is 1. The number of aromatic nitrogens is 2. The summed E-state index contributed by atoms with van der Waals surface area (Å²) in [6.07, 6.45) is 3.77. The van der Waals surface area contributed by atoms with Crippen molar-refractivity contribution in [1.82, 2.24) is 9.55 Å². The van der Waals surface area contributed by atoms with E-state index in [1.54, 1.807) is 17.7 Å². The average Bonchev–Trinajstić information content (AvgIpc) is 3.28. The van der Waals surface area contributed by atoms with E-state index in [1.807, 2.05) is 23.7 Å². The van der Waals surface area contributed by atoms with Crippen molar-refractivity contribution in [3.05, 3.63) is 53.2 Å². The lowest BCUT2D eigenvalue weighted by molar-refractivity contribution is 0.111. The zero-order valence-corrected chi connectivity index (χ0v) is 14.8. The first-order valence-electron chi connectivity index (χ1n) is 7.94. The van der Waals surface area contributed by atoms with Crippen molar-refractivity contribution in [2.24, 2.45) is 0 Å². The summed E-state index contributed by atoms with van der Waals surface area (Å²) in [7, 11) is 1.67. The highest BCUT2D eigenvalue weighted by molar-refractivity contribution is 7.12. The number of thiazole rings is 1. The van der Waals surface area contributed by atoms with Crippen LogP contribution in [0, 0.1) is 0 Å². The fourth-order valence-electron chi connectivity index (χ4n) is 2.63. The average molecular weight is 340 g/mol. The molecular formula is C19H20N2O2S. The second-order valence-electron chi connectivity index (χ2n) is 5.71. The van der Waals surface area contributed by atoms with Crippen LogP contribution in [-0.2, 0) is 0 Å². The minimum atomic E-state index is 0.485. The lowest BCUT2D eigenvalue weighted by atomic mass is 9.96. The molecule has 3 aromatic rings. The molecule has 4 nitrogen and oxygen atoms in total. The molecule has 1 aromatic carbocycles. The van der Waals surface area contributed by atoms with E-state index >= 15 is 0 Å². The number of carbonyl (C=O) groups excluding carboxylic acids is 1. The van der Waals surface area contributed by atoms with E-state index in [4.69, 9.17) is 9.72 Å². The fourth-order valence-corrected chi connectivity index (χ4v) is 3.46. The molecule has 2 heterocycles. The molecule has 0 aliphatic carbocycles. The van der Waals surface area contributed by atoms with Crippen LogP contribution in [0.1, 0.15) is 42.2 Å². The molecular weight excluding hydrogens is 320 g/mol. The number of methoxy groups -OCH3 is 1. The highest BCUT2D eigenvalue weighted by Gasteiger charge is 2.14. The lowest BCUT2D eigenvalue weighted by Gasteiger charge is -2.13. The summed E-state index contributed by atoms with van der Waals surface area (Å²) in [6.45, 7) is 4.40. The Labute approximate surface area is 145 Å². The summed E-state index contributed by atoms with van der Waals surface area (Å²) in [5, 5.41) is 2.77. The van der Waals surface area contributed by atoms with Gasteiger partial charge in [0.1, 0.15) is 5.75 Å². The Hall–Kier alpha value is -2.40. The molecule has 0 saturated heterocycles. The molecule has 0 aliphatic heterocycles.